The topological polar surface area (TPSA) is 123 Å². The van der Waals surface area contributed by atoms with Gasteiger partial charge < -0.3 is 30.9 Å². The van der Waals surface area contributed by atoms with E-state index in [0.717, 1.165) is 0 Å². The summed E-state index contributed by atoms with van der Waals surface area (Å²) >= 11 is 0. The van der Waals surface area contributed by atoms with Gasteiger partial charge in [0, 0.05) is 30.8 Å². The molecule has 0 aliphatic carbocycles. The number of ether oxygens (including phenoxy) is 2. The van der Waals surface area contributed by atoms with Crippen molar-refractivity contribution in [2.45, 2.75) is 26.0 Å². The van der Waals surface area contributed by atoms with Crippen LogP contribution in [-0.2, 0) is 4.79 Å². The first-order chi connectivity index (χ1) is 13.8. The van der Waals surface area contributed by atoms with Crippen molar-refractivity contribution in [3.63, 3.8) is 0 Å². The second-order valence-electron chi connectivity index (χ2n) is 6.68. The van der Waals surface area contributed by atoms with Gasteiger partial charge in [0.2, 0.25) is 11.8 Å². The number of carbonyl (C=O) groups is 2. The van der Waals surface area contributed by atoms with Gasteiger partial charge in [0.15, 0.2) is 0 Å². The largest absolute Gasteiger partial charge is 0.492 e. The number of hydrogen-bond acceptors (Lipinski definition) is 6. The molecule has 0 radical (unpaired) electrons. The Morgan fingerprint density at radius 1 is 1.00 bits per heavy atom. The van der Waals surface area contributed by atoms with Crippen LogP contribution < -0.4 is 25.8 Å². The predicted molar refractivity (Wildman–Crippen MR) is 110 cm³/mol. The Balaban J connectivity index is 1.65. The summed E-state index contributed by atoms with van der Waals surface area (Å²) in [7, 11) is 0. The van der Waals surface area contributed by atoms with E-state index in [2.05, 4.69) is 10.6 Å². The van der Waals surface area contributed by atoms with Crippen LogP contribution in [0.4, 0.5) is 5.69 Å². The summed E-state index contributed by atoms with van der Waals surface area (Å²) in [6.07, 6.45) is -0.692. The average Bonchev–Trinajstić information content (AvgIpc) is 2.70. The normalized spacial score (nSPS) is 12.7. The first-order valence-corrected chi connectivity index (χ1v) is 9.28. The maximum absolute atomic E-state index is 11.0. The van der Waals surface area contributed by atoms with Crippen LogP contribution in [0, 0.1) is 0 Å². The van der Waals surface area contributed by atoms with Crippen molar-refractivity contribution in [2.75, 3.05) is 25.1 Å². The van der Waals surface area contributed by atoms with Crippen molar-refractivity contribution in [1.82, 2.24) is 5.32 Å². The number of primary amides is 1. The molecule has 2 amide bonds. The molecule has 2 aromatic rings. The first kappa shape index (κ1) is 22.2. The van der Waals surface area contributed by atoms with Gasteiger partial charge in [-0.05, 0) is 55.5 Å². The molecule has 2 rings (SSSR count). The Hall–Kier alpha value is -3.10. The minimum Gasteiger partial charge on any atom is -0.492 e. The van der Waals surface area contributed by atoms with Gasteiger partial charge in [-0.2, -0.15) is 0 Å². The molecule has 2 atom stereocenters. The molecule has 2 aromatic carbocycles. The SMILES string of the molecule is CC(=O)Nc1ccc(OCC(O)CNC(C)COc2ccc(C(N)=O)cc2)cc1. The quantitative estimate of drug-likeness (QED) is 0.453. The number of carbonyl (C=O) groups excluding carboxylic acids is 2. The van der Waals surface area contributed by atoms with Crippen molar-refractivity contribution in [3.05, 3.63) is 54.1 Å². The Kier molecular flexibility index (Phi) is 8.45. The molecular formula is C21H27N3O5. The van der Waals surface area contributed by atoms with E-state index in [1.54, 1.807) is 48.5 Å². The summed E-state index contributed by atoms with van der Waals surface area (Å²) in [6, 6.07) is 13.5. The molecule has 0 bridgehead atoms. The number of anilines is 1. The van der Waals surface area contributed by atoms with Crippen molar-refractivity contribution in [2.24, 2.45) is 5.73 Å². The average molecular weight is 401 g/mol. The number of benzene rings is 2. The molecule has 156 valence electrons. The minimum atomic E-state index is -0.692. The molecule has 0 aliphatic rings. The fourth-order valence-electron chi connectivity index (χ4n) is 2.42. The minimum absolute atomic E-state index is 0.00240. The van der Waals surface area contributed by atoms with Crippen LogP contribution in [0.1, 0.15) is 24.2 Å². The molecule has 0 aromatic heterocycles. The maximum Gasteiger partial charge on any atom is 0.248 e. The van der Waals surface area contributed by atoms with Crippen LogP contribution in [0.2, 0.25) is 0 Å². The van der Waals surface area contributed by atoms with Crippen LogP contribution in [0.3, 0.4) is 0 Å². The third kappa shape index (κ3) is 8.20. The third-order valence-corrected chi connectivity index (χ3v) is 3.96. The monoisotopic (exact) mass is 401 g/mol. The summed E-state index contributed by atoms with van der Waals surface area (Å²) in [5, 5.41) is 15.9. The van der Waals surface area contributed by atoms with Gasteiger partial charge in [-0.3, -0.25) is 9.59 Å². The summed E-state index contributed by atoms with van der Waals surface area (Å²) < 4.78 is 11.2. The standard InChI is InChI=1S/C21H27N3O5/c1-14(12-28-19-7-3-16(4-8-19)21(22)27)23-11-18(26)13-29-20-9-5-17(6-10-20)24-15(2)25/h3-10,14,18,23,26H,11-13H2,1-2H3,(H2,22,27)(H,24,25). The highest BCUT2D eigenvalue weighted by Gasteiger charge is 2.09. The zero-order valence-corrected chi connectivity index (χ0v) is 16.6. The highest BCUT2D eigenvalue weighted by Crippen LogP contribution is 2.16. The second kappa shape index (κ2) is 11.0. The second-order valence-corrected chi connectivity index (χ2v) is 6.68. The fourth-order valence-corrected chi connectivity index (χ4v) is 2.42. The van der Waals surface area contributed by atoms with Crippen LogP contribution in [0.5, 0.6) is 11.5 Å². The maximum atomic E-state index is 11.0. The number of aliphatic hydroxyl groups is 1. The van der Waals surface area contributed by atoms with Crippen molar-refractivity contribution in [1.29, 1.82) is 0 Å². The van der Waals surface area contributed by atoms with Gasteiger partial charge in [-0.15, -0.1) is 0 Å². The van der Waals surface area contributed by atoms with E-state index < -0.39 is 12.0 Å². The Morgan fingerprint density at radius 2 is 1.55 bits per heavy atom. The molecule has 0 saturated carbocycles. The lowest BCUT2D eigenvalue weighted by atomic mass is 10.2. The number of hydrogen-bond donors (Lipinski definition) is 4. The number of nitrogens with two attached hydrogens (primary N) is 1. The number of amides is 2. The van der Waals surface area contributed by atoms with E-state index >= 15 is 0 Å². The number of aliphatic hydroxyl groups excluding tert-OH is 1. The molecule has 2 unspecified atom stereocenters. The van der Waals surface area contributed by atoms with Gasteiger partial charge in [0.1, 0.15) is 30.8 Å². The number of nitrogens with one attached hydrogen (secondary N) is 2. The van der Waals surface area contributed by atoms with E-state index in [4.69, 9.17) is 15.2 Å². The molecule has 29 heavy (non-hydrogen) atoms. The van der Waals surface area contributed by atoms with Gasteiger partial charge in [0.05, 0.1) is 0 Å². The molecule has 8 nitrogen and oxygen atoms in total. The van der Waals surface area contributed by atoms with Gasteiger partial charge in [-0.25, -0.2) is 0 Å². The molecule has 8 heteroatoms. The summed E-state index contributed by atoms with van der Waals surface area (Å²) in [5.41, 5.74) is 6.31. The van der Waals surface area contributed by atoms with E-state index in [0.29, 0.717) is 35.9 Å². The van der Waals surface area contributed by atoms with E-state index in [1.165, 1.54) is 6.92 Å². The van der Waals surface area contributed by atoms with Crippen molar-refractivity contribution < 1.29 is 24.2 Å². The molecule has 5 N–H and O–H groups in total. The molecule has 0 saturated heterocycles. The zero-order valence-electron chi connectivity index (χ0n) is 16.6. The third-order valence-electron chi connectivity index (χ3n) is 3.96. The smallest absolute Gasteiger partial charge is 0.248 e. The molecule has 0 heterocycles. The Labute approximate surface area is 170 Å². The van der Waals surface area contributed by atoms with Gasteiger partial charge in [0.25, 0.3) is 0 Å². The molecular weight excluding hydrogens is 374 g/mol. The summed E-state index contributed by atoms with van der Waals surface area (Å²) in [5.74, 6) is 0.622. The zero-order chi connectivity index (χ0) is 21.2. The Morgan fingerprint density at radius 3 is 2.10 bits per heavy atom. The van der Waals surface area contributed by atoms with Crippen molar-refractivity contribution in [3.8, 4) is 11.5 Å². The summed E-state index contributed by atoms with van der Waals surface area (Å²) in [4.78, 5) is 22.0. The lowest BCUT2D eigenvalue weighted by Crippen LogP contribution is -2.39. The summed E-state index contributed by atoms with van der Waals surface area (Å²) in [6.45, 7) is 4.25. The Bertz CT molecular complexity index is 793. The molecule has 0 spiro atoms. The number of rotatable bonds is 11. The van der Waals surface area contributed by atoms with Gasteiger partial charge in [-0.1, -0.05) is 0 Å². The highest BCUT2D eigenvalue weighted by molar-refractivity contribution is 5.92. The lowest BCUT2D eigenvalue weighted by Gasteiger charge is -2.18. The molecule has 0 aliphatic heterocycles. The van der Waals surface area contributed by atoms with Crippen LogP contribution in [-0.4, -0.2) is 48.8 Å². The van der Waals surface area contributed by atoms with E-state index in [9.17, 15) is 14.7 Å². The highest BCUT2D eigenvalue weighted by atomic mass is 16.5. The van der Waals surface area contributed by atoms with Crippen molar-refractivity contribution >= 4 is 17.5 Å². The van der Waals surface area contributed by atoms with E-state index in [-0.39, 0.29) is 18.6 Å². The van der Waals surface area contributed by atoms with Crippen LogP contribution in [0.15, 0.2) is 48.5 Å². The molecule has 0 fully saturated rings. The fraction of sp³-hybridized carbons (Fsp3) is 0.333. The lowest BCUT2D eigenvalue weighted by molar-refractivity contribution is -0.114. The predicted octanol–water partition coefficient (Wildman–Crippen LogP) is 1.54. The van der Waals surface area contributed by atoms with Crippen LogP contribution >= 0.6 is 0 Å². The van der Waals surface area contributed by atoms with Gasteiger partial charge >= 0.3 is 0 Å². The van der Waals surface area contributed by atoms with Crippen LogP contribution in [0.25, 0.3) is 0 Å². The van der Waals surface area contributed by atoms with E-state index in [1.807, 2.05) is 6.92 Å². The first-order valence-electron chi connectivity index (χ1n) is 9.28.